The highest BCUT2D eigenvalue weighted by molar-refractivity contribution is 8.00. The van der Waals surface area contributed by atoms with E-state index in [2.05, 4.69) is 69.1 Å². The number of thioether (sulfide) groups is 1. The molecule has 1 aliphatic carbocycles. The van der Waals surface area contributed by atoms with Gasteiger partial charge in [0.25, 0.3) is 0 Å². The number of carboxylic acids is 1. The average molecular weight is 1980 g/mol. The van der Waals surface area contributed by atoms with Crippen LogP contribution in [-0.4, -0.2) is 245 Å². The Morgan fingerprint density at radius 2 is 0.950 bits per heavy atom. The van der Waals surface area contributed by atoms with Gasteiger partial charge < -0.3 is 114 Å². The van der Waals surface area contributed by atoms with Crippen molar-refractivity contribution in [3.05, 3.63) is 131 Å². The minimum absolute atomic E-state index is 0.0229. The van der Waals surface area contributed by atoms with Crippen LogP contribution in [0.3, 0.4) is 0 Å². The lowest BCUT2D eigenvalue weighted by Crippen LogP contribution is -2.61. The van der Waals surface area contributed by atoms with E-state index < -0.39 is 283 Å². The van der Waals surface area contributed by atoms with Crippen LogP contribution in [0.1, 0.15) is 186 Å². The monoisotopic (exact) mass is 1980 g/mol. The third-order valence-corrected chi connectivity index (χ3v) is 25.2. The number of primary amides is 3. The van der Waals surface area contributed by atoms with Crippen LogP contribution in [-0.2, 0) is 117 Å². The summed E-state index contributed by atoms with van der Waals surface area (Å²) in [5.41, 5.74) is 35.7. The molecule has 4 aromatic carbocycles. The van der Waals surface area contributed by atoms with Gasteiger partial charge in [0.1, 0.15) is 78.5 Å². The summed E-state index contributed by atoms with van der Waals surface area (Å²) in [5.74, 6) is -23.9. The van der Waals surface area contributed by atoms with E-state index in [4.69, 9.17) is 34.4 Å². The predicted octanol–water partition coefficient (Wildman–Crippen LogP) is 0.272. The number of halogens is 3. The second-order valence-corrected chi connectivity index (χ2v) is 37.1. The molecular formula is C96H137F3N20O20S. The normalized spacial score (nSPS) is 23.8. The lowest BCUT2D eigenvalue weighted by molar-refractivity contribution is -0.143. The SMILES string of the molecule is CCC1NC(=O)CSC[C@@H](C(=O)C[C@@H](CCN)C(N)=O)NC(=O)C(CCCN)NC(=O)C(C(C)C)NC(=O)C(CC2CCCCC2)NC(=O)[C@H](CCN)NC(=O)[C@@H](CC(C)C)NC(=O)[C@H](C)N(C)C(=O)C(CCC(N)=O)NC(=O)[C@H](Cc2ccc(-c3ccccc3)cc2)NC(=O)[C@H](CCc2ccccc2)NC(=O)C(Cc2cccc(C(F)(F)F)c2)NC(=O)[C@H](CC(=O)O)NC(=O)C(CCC(N)=O)NC1=O. The van der Waals surface area contributed by atoms with Crippen molar-refractivity contribution >= 4 is 124 Å². The minimum Gasteiger partial charge on any atom is -0.481 e. The fraction of sp³-hybridized carbons (Fsp3) is 0.552. The number of benzene rings is 4. The number of nitrogens with two attached hydrogens (primary N) is 6. The van der Waals surface area contributed by atoms with Crippen molar-refractivity contribution in [2.45, 2.75) is 274 Å². The third-order valence-electron chi connectivity index (χ3n) is 24.2. The Morgan fingerprint density at radius 3 is 1.49 bits per heavy atom. The standard InChI is InChI=1S/C96H137F3N20O20S/c1-8-64-84(128)107-67(35-37-77(103)121)87(131)116-74(50-80(124)125)92(136)115-73(48-59-24-18-27-63(45-59)96(97,98)99)90(134)108-66(34-31-56-20-12-9-13-21-56)86(130)113-71(47-58-29-32-61(33-30-58)60-25-16-11-17-26-60)91(135)111-69(36-38-78(104)122)95(139)119(7)55(6)83(127)112-70(44-53(2)3)89(133)109-68(40-43-102)88(132)114-72(46-57-22-14-10-15-23-57)93(137)118-81(54(4)5)94(138)110-65(28-19-41-100)85(129)117-75(51-140-52-79(123)106-64)76(120)49-62(39-42-101)82(105)126/h9,11-13,16-18,20-21,24-27,29-30,32-33,45,53-55,57,62,64-75,81H,8,10,14-15,19,22-23,28,31,34-44,46-52,100-102H2,1-7H3,(H2,103,121)(H2,104,122)(H2,105,126)(H,106,123)(H,107,128)(H,108,134)(H,109,133)(H,110,138)(H,111,135)(H,112,127)(H,113,130)(H,114,132)(H,115,136)(H,116,131)(H,117,129)(H,118,137)(H,124,125)/t55-,62+,64?,65?,66-,67?,68-,69?,70+,71-,72?,73?,74-,75-,81?/m0/s1. The van der Waals surface area contributed by atoms with Gasteiger partial charge in [-0.2, -0.15) is 13.2 Å². The summed E-state index contributed by atoms with van der Waals surface area (Å²) in [4.78, 5) is 274. The lowest BCUT2D eigenvalue weighted by Gasteiger charge is -2.32. The molecule has 44 heteroatoms. The fourth-order valence-electron chi connectivity index (χ4n) is 16.1. The van der Waals surface area contributed by atoms with E-state index in [1.165, 1.54) is 20.9 Å². The highest BCUT2D eigenvalue weighted by Crippen LogP contribution is 2.31. The number of hydrogen-bond acceptors (Lipinski definition) is 23. The highest BCUT2D eigenvalue weighted by atomic mass is 32.2. The van der Waals surface area contributed by atoms with Crippen LogP contribution in [0.2, 0.25) is 0 Å². The number of nitrogens with one attached hydrogen (secondary N) is 13. The lowest BCUT2D eigenvalue weighted by atomic mass is 9.84. The number of carboxylic acid groups (broad SMARTS) is 1. The van der Waals surface area contributed by atoms with Gasteiger partial charge in [0.15, 0.2) is 5.78 Å². The Hall–Kier alpha value is -13.0. The van der Waals surface area contributed by atoms with Crippen molar-refractivity contribution in [1.29, 1.82) is 0 Å². The van der Waals surface area contributed by atoms with Crippen LogP contribution in [0.5, 0.6) is 0 Å². The van der Waals surface area contributed by atoms with Gasteiger partial charge in [0.2, 0.25) is 100 Å². The Morgan fingerprint density at radius 1 is 0.479 bits per heavy atom. The van der Waals surface area contributed by atoms with E-state index in [-0.39, 0.29) is 94.8 Å². The minimum atomic E-state index is -5.00. The van der Waals surface area contributed by atoms with Crippen LogP contribution < -0.4 is 104 Å². The Labute approximate surface area is 815 Å². The smallest absolute Gasteiger partial charge is 0.416 e. The third kappa shape index (κ3) is 39.0. The molecule has 0 radical (unpaired) electrons. The van der Waals surface area contributed by atoms with Gasteiger partial charge in [-0.1, -0.05) is 170 Å². The zero-order valence-electron chi connectivity index (χ0n) is 80.0. The summed E-state index contributed by atoms with van der Waals surface area (Å²) in [5, 5.41) is 43.8. The Bertz CT molecular complexity index is 4900. The first kappa shape index (κ1) is 116. The molecule has 40 nitrogen and oxygen atoms in total. The van der Waals surface area contributed by atoms with Crippen LogP contribution in [0.4, 0.5) is 13.2 Å². The first-order valence-corrected chi connectivity index (χ1v) is 48.3. The molecule has 0 spiro atoms. The summed E-state index contributed by atoms with van der Waals surface area (Å²) < 4.78 is 43.6. The van der Waals surface area contributed by atoms with E-state index >= 15 is 24.0 Å². The number of likely N-dealkylation sites (N-methyl/N-ethyl adjacent to an activating group) is 1. The molecular weight excluding hydrogens is 1840 g/mol. The maximum atomic E-state index is 15.5. The molecule has 0 aromatic heterocycles. The van der Waals surface area contributed by atoms with Gasteiger partial charge >= 0.3 is 12.1 Å². The van der Waals surface area contributed by atoms with E-state index in [0.29, 0.717) is 41.7 Å². The number of aryl methyl sites for hydroxylation is 1. The highest BCUT2D eigenvalue weighted by Gasteiger charge is 2.42. The van der Waals surface area contributed by atoms with E-state index in [9.17, 15) is 85.4 Å². The summed E-state index contributed by atoms with van der Waals surface area (Å²) in [6, 6.07) is 3.98. The zero-order chi connectivity index (χ0) is 104. The number of ketones is 1. The molecule has 140 heavy (non-hydrogen) atoms. The maximum Gasteiger partial charge on any atom is 0.416 e. The maximum absolute atomic E-state index is 15.5. The molecule has 768 valence electrons. The summed E-state index contributed by atoms with van der Waals surface area (Å²) >= 11 is 0.738. The summed E-state index contributed by atoms with van der Waals surface area (Å²) in [6.45, 7) is 9.02. The quantitative estimate of drug-likeness (QED) is 0.0304. The predicted molar refractivity (Wildman–Crippen MR) is 513 cm³/mol. The zero-order valence-corrected chi connectivity index (χ0v) is 80.9. The largest absolute Gasteiger partial charge is 0.481 e. The van der Waals surface area contributed by atoms with E-state index in [0.717, 1.165) is 53.6 Å². The van der Waals surface area contributed by atoms with E-state index in [1.807, 2.05) is 12.1 Å². The number of aliphatic carboxylic acids is 1. The number of hydrogen-bond donors (Lipinski definition) is 20. The number of carbonyl (C=O) groups is 19. The van der Waals surface area contributed by atoms with Crippen molar-refractivity contribution in [3.8, 4) is 11.1 Å². The van der Waals surface area contributed by atoms with E-state index in [1.54, 1.807) is 100 Å². The molecule has 7 unspecified atom stereocenters. The molecule has 6 rings (SSSR count). The molecule has 1 heterocycles. The number of nitrogens with zero attached hydrogens (tertiary/aromatic N) is 1. The van der Waals surface area contributed by atoms with Gasteiger partial charge in [-0.05, 0) is 149 Å². The molecule has 0 bridgehead atoms. The number of carbonyl (C=O) groups excluding carboxylic acids is 18. The molecule has 1 saturated heterocycles. The van der Waals surface area contributed by atoms with Crippen molar-refractivity contribution in [3.63, 3.8) is 0 Å². The van der Waals surface area contributed by atoms with Gasteiger partial charge in [0.05, 0.1) is 23.8 Å². The summed E-state index contributed by atoms with van der Waals surface area (Å²) in [6.07, 6.45) is -7.88. The van der Waals surface area contributed by atoms with Crippen molar-refractivity contribution in [2.75, 3.05) is 38.2 Å². The van der Waals surface area contributed by atoms with Crippen LogP contribution in [0.25, 0.3) is 11.1 Å². The molecule has 1 aliphatic heterocycles. The van der Waals surface area contributed by atoms with Crippen molar-refractivity contribution in [1.82, 2.24) is 74.0 Å². The average Bonchev–Trinajstić information content (AvgIpc) is 0.844. The van der Waals surface area contributed by atoms with Gasteiger partial charge in [-0.25, -0.2) is 0 Å². The van der Waals surface area contributed by atoms with Crippen LogP contribution in [0.15, 0.2) is 109 Å². The molecule has 15 atom stereocenters. The molecule has 1 saturated carbocycles. The fourth-order valence-corrected chi connectivity index (χ4v) is 17.0. The molecule has 2 aliphatic rings. The topological polar surface area (TPSA) is 660 Å². The number of alkyl halides is 3. The first-order chi connectivity index (χ1) is 66.3. The van der Waals surface area contributed by atoms with Crippen LogP contribution >= 0.6 is 11.8 Å². The van der Waals surface area contributed by atoms with Gasteiger partial charge in [0, 0.05) is 50.8 Å². The number of rotatable bonds is 33. The van der Waals surface area contributed by atoms with Gasteiger partial charge in [-0.3, -0.25) is 91.1 Å². The summed E-state index contributed by atoms with van der Waals surface area (Å²) in [7, 11) is 1.18. The van der Waals surface area contributed by atoms with Crippen LogP contribution in [0, 0.1) is 23.7 Å². The first-order valence-electron chi connectivity index (χ1n) is 47.2. The Balaban J connectivity index is 1.51. The molecule has 4 aromatic rings. The van der Waals surface area contributed by atoms with Gasteiger partial charge in [-0.15, -0.1) is 11.8 Å². The van der Waals surface area contributed by atoms with Crippen molar-refractivity contribution < 1.29 is 109 Å². The number of Topliss-reactive ketones (excluding diaryl/α,β-unsaturated/α-hetero) is 1. The second kappa shape index (κ2) is 58.2. The molecule has 17 amide bonds. The molecule has 26 N–H and O–H groups in total. The second-order valence-electron chi connectivity index (χ2n) is 36.1. The Kier molecular flexibility index (Phi) is 48.1. The molecule has 2 fully saturated rings. The van der Waals surface area contributed by atoms with Crippen molar-refractivity contribution in [2.24, 2.45) is 58.1 Å². The number of amides is 17.